The maximum absolute atomic E-state index is 11.9. The van der Waals surface area contributed by atoms with E-state index in [4.69, 9.17) is 10.5 Å². The molecule has 0 aromatic rings. The minimum Gasteiger partial charge on any atom is -0.381 e. The van der Waals surface area contributed by atoms with Gasteiger partial charge in [-0.3, -0.25) is 4.79 Å². The van der Waals surface area contributed by atoms with Gasteiger partial charge >= 0.3 is 0 Å². The molecule has 1 heterocycles. The summed E-state index contributed by atoms with van der Waals surface area (Å²) in [5.74, 6) is 0.969. The molecule has 17 heavy (non-hydrogen) atoms. The topological polar surface area (TPSA) is 64.3 Å². The monoisotopic (exact) mass is 240 g/mol. The average molecular weight is 240 g/mol. The predicted molar refractivity (Wildman–Crippen MR) is 66.5 cm³/mol. The smallest absolute Gasteiger partial charge is 0.223 e. The molecule has 2 aliphatic rings. The van der Waals surface area contributed by atoms with E-state index in [0.29, 0.717) is 12.0 Å². The van der Waals surface area contributed by atoms with Gasteiger partial charge in [0.15, 0.2) is 0 Å². The molecule has 0 bridgehead atoms. The first-order valence-electron chi connectivity index (χ1n) is 6.86. The average Bonchev–Trinajstić information content (AvgIpc) is 2.37. The molecule has 1 saturated carbocycles. The van der Waals surface area contributed by atoms with Crippen molar-refractivity contribution in [2.75, 3.05) is 19.8 Å². The number of nitrogens with two attached hydrogens (primary N) is 1. The molecule has 2 rings (SSSR count). The Morgan fingerprint density at radius 2 is 2.00 bits per heavy atom. The lowest BCUT2D eigenvalue weighted by Crippen LogP contribution is -2.39. The number of carbonyl (C=O) groups is 1. The van der Waals surface area contributed by atoms with Crippen LogP contribution in [0.25, 0.3) is 0 Å². The molecule has 1 amide bonds. The highest BCUT2D eigenvalue weighted by molar-refractivity contribution is 5.78. The molecule has 2 unspecified atom stereocenters. The van der Waals surface area contributed by atoms with Crippen molar-refractivity contribution in [1.82, 2.24) is 5.32 Å². The van der Waals surface area contributed by atoms with Gasteiger partial charge < -0.3 is 15.8 Å². The van der Waals surface area contributed by atoms with Crippen molar-refractivity contribution >= 4 is 5.91 Å². The van der Waals surface area contributed by atoms with Gasteiger partial charge in [0.2, 0.25) is 5.91 Å². The van der Waals surface area contributed by atoms with Gasteiger partial charge in [-0.1, -0.05) is 6.42 Å². The van der Waals surface area contributed by atoms with E-state index in [2.05, 4.69) is 5.32 Å². The van der Waals surface area contributed by atoms with Crippen LogP contribution < -0.4 is 11.1 Å². The number of ether oxygens (including phenoxy) is 1. The van der Waals surface area contributed by atoms with Crippen LogP contribution in [0.15, 0.2) is 0 Å². The molecule has 2 fully saturated rings. The highest BCUT2D eigenvalue weighted by Crippen LogP contribution is 2.22. The molecule has 1 aliphatic carbocycles. The fourth-order valence-corrected chi connectivity index (χ4v) is 2.87. The number of hydrogen-bond acceptors (Lipinski definition) is 3. The molecule has 0 aromatic carbocycles. The van der Waals surface area contributed by atoms with Crippen molar-refractivity contribution in [3.63, 3.8) is 0 Å². The summed E-state index contributed by atoms with van der Waals surface area (Å²) in [6.45, 7) is 2.27. The maximum Gasteiger partial charge on any atom is 0.223 e. The van der Waals surface area contributed by atoms with E-state index in [1.165, 1.54) is 12.8 Å². The summed E-state index contributed by atoms with van der Waals surface area (Å²) in [6, 6.07) is 0.341. The zero-order valence-corrected chi connectivity index (χ0v) is 10.5. The second kappa shape index (κ2) is 6.36. The van der Waals surface area contributed by atoms with Gasteiger partial charge in [-0.2, -0.15) is 0 Å². The van der Waals surface area contributed by atoms with Crippen molar-refractivity contribution in [2.45, 2.75) is 44.6 Å². The summed E-state index contributed by atoms with van der Waals surface area (Å²) < 4.78 is 5.26. The van der Waals surface area contributed by atoms with Crippen molar-refractivity contribution in [3.8, 4) is 0 Å². The number of hydrogen-bond donors (Lipinski definition) is 2. The fraction of sp³-hybridized carbons (Fsp3) is 0.923. The Bertz CT molecular complexity index is 252. The molecule has 98 valence electrons. The first kappa shape index (κ1) is 12.8. The standard InChI is InChI=1S/C13H24N2O2/c14-12-3-1-2-10(8-12)9-15-13(16)11-4-6-17-7-5-11/h10-12H,1-9,14H2,(H,15,16). The molecule has 1 saturated heterocycles. The van der Waals surface area contributed by atoms with Crippen LogP contribution in [-0.4, -0.2) is 31.7 Å². The third-order valence-corrected chi connectivity index (χ3v) is 3.98. The van der Waals surface area contributed by atoms with Crippen LogP contribution in [-0.2, 0) is 9.53 Å². The lowest BCUT2D eigenvalue weighted by molar-refractivity contribution is -0.128. The largest absolute Gasteiger partial charge is 0.381 e. The summed E-state index contributed by atoms with van der Waals surface area (Å²) in [6.07, 6.45) is 6.37. The summed E-state index contributed by atoms with van der Waals surface area (Å²) >= 11 is 0. The van der Waals surface area contributed by atoms with Crippen LogP contribution in [0.1, 0.15) is 38.5 Å². The number of nitrogens with one attached hydrogen (secondary N) is 1. The Kier molecular flexibility index (Phi) is 4.80. The summed E-state index contributed by atoms with van der Waals surface area (Å²) in [5.41, 5.74) is 5.95. The van der Waals surface area contributed by atoms with E-state index in [-0.39, 0.29) is 11.8 Å². The molecule has 3 N–H and O–H groups in total. The Morgan fingerprint density at radius 3 is 2.71 bits per heavy atom. The van der Waals surface area contributed by atoms with Crippen molar-refractivity contribution in [2.24, 2.45) is 17.6 Å². The predicted octanol–water partition coefficient (Wildman–Crippen LogP) is 1.05. The molecule has 4 nitrogen and oxygen atoms in total. The molecule has 2 atom stereocenters. The lowest BCUT2D eigenvalue weighted by Gasteiger charge is -2.28. The van der Waals surface area contributed by atoms with Crippen molar-refractivity contribution in [3.05, 3.63) is 0 Å². The molecular weight excluding hydrogens is 216 g/mol. The maximum atomic E-state index is 11.9. The Morgan fingerprint density at radius 1 is 1.24 bits per heavy atom. The Hall–Kier alpha value is -0.610. The van der Waals surface area contributed by atoms with Gasteiger partial charge in [0.25, 0.3) is 0 Å². The van der Waals surface area contributed by atoms with Crippen LogP contribution in [0, 0.1) is 11.8 Å². The number of carbonyl (C=O) groups excluding carboxylic acids is 1. The Balaban J connectivity index is 1.68. The second-order valence-corrected chi connectivity index (χ2v) is 5.42. The molecule has 4 heteroatoms. The van der Waals surface area contributed by atoms with Crippen LogP contribution in [0.2, 0.25) is 0 Å². The van der Waals surface area contributed by atoms with E-state index in [9.17, 15) is 4.79 Å². The summed E-state index contributed by atoms with van der Waals surface area (Å²) in [5, 5.41) is 3.09. The zero-order chi connectivity index (χ0) is 12.1. The second-order valence-electron chi connectivity index (χ2n) is 5.42. The van der Waals surface area contributed by atoms with Gasteiger partial charge in [0, 0.05) is 31.7 Å². The fourth-order valence-electron chi connectivity index (χ4n) is 2.87. The van der Waals surface area contributed by atoms with Crippen molar-refractivity contribution < 1.29 is 9.53 Å². The highest BCUT2D eigenvalue weighted by atomic mass is 16.5. The normalized spacial score (nSPS) is 31.1. The van der Waals surface area contributed by atoms with E-state index in [1.54, 1.807) is 0 Å². The summed E-state index contributed by atoms with van der Waals surface area (Å²) in [7, 11) is 0. The molecular formula is C13H24N2O2. The van der Waals surface area contributed by atoms with E-state index in [1.807, 2.05) is 0 Å². The minimum absolute atomic E-state index is 0.168. The van der Waals surface area contributed by atoms with Crippen molar-refractivity contribution in [1.29, 1.82) is 0 Å². The number of amides is 1. The van der Waals surface area contributed by atoms with Gasteiger partial charge in [0.1, 0.15) is 0 Å². The van der Waals surface area contributed by atoms with E-state index >= 15 is 0 Å². The van der Waals surface area contributed by atoms with E-state index in [0.717, 1.165) is 45.4 Å². The van der Waals surface area contributed by atoms with Crippen LogP contribution in [0.4, 0.5) is 0 Å². The first-order valence-corrected chi connectivity index (χ1v) is 6.86. The van der Waals surface area contributed by atoms with E-state index < -0.39 is 0 Å². The van der Waals surface area contributed by atoms with Gasteiger partial charge in [-0.15, -0.1) is 0 Å². The van der Waals surface area contributed by atoms with Crippen LogP contribution in [0.5, 0.6) is 0 Å². The summed E-state index contributed by atoms with van der Waals surface area (Å²) in [4.78, 5) is 11.9. The molecule has 0 radical (unpaired) electrons. The molecule has 0 spiro atoms. The lowest BCUT2D eigenvalue weighted by atomic mass is 9.86. The van der Waals surface area contributed by atoms with Gasteiger partial charge in [-0.25, -0.2) is 0 Å². The van der Waals surface area contributed by atoms with Crippen LogP contribution >= 0.6 is 0 Å². The molecule has 0 aromatic heterocycles. The third-order valence-electron chi connectivity index (χ3n) is 3.98. The van der Waals surface area contributed by atoms with Gasteiger partial charge in [0.05, 0.1) is 0 Å². The van der Waals surface area contributed by atoms with Gasteiger partial charge in [-0.05, 0) is 38.0 Å². The quantitative estimate of drug-likeness (QED) is 0.775. The zero-order valence-electron chi connectivity index (χ0n) is 10.5. The minimum atomic E-state index is 0.168. The SMILES string of the molecule is NC1CCCC(CNC(=O)C2CCOCC2)C1. The number of rotatable bonds is 3. The molecule has 1 aliphatic heterocycles. The highest BCUT2D eigenvalue weighted by Gasteiger charge is 2.23. The first-order chi connectivity index (χ1) is 8.25. The third kappa shape index (κ3) is 3.96. The Labute approximate surface area is 103 Å². The van der Waals surface area contributed by atoms with Crippen LogP contribution in [0.3, 0.4) is 0 Å².